The van der Waals surface area contributed by atoms with E-state index in [-0.39, 0.29) is 18.5 Å². The summed E-state index contributed by atoms with van der Waals surface area (Å²) in [4.78, 5) is 27.5. The number of carbonyl (C=O) groups excluding carboxylic acids is 2. The van der Waals surface area contributed by atoms with Crippen LogP contribution in [0, 0.1) is 0 Å². The van der Waals surface area contributed by atoms with E-state index in [9.17, 15) is 4.79 Å². The number of aromatic carboxylic acids is 1. The lowest BCUT2D eigenvalue weighted by atomic mass is 10.4. The molecule has 0 saturated heterocycles. The van der Waals surface area contributed by atoms with Crippen molar-refractivity contribution in [2.24, 2.45) is 0 Å². The fraction of sp³-hybridized carbons (Fsp3) is 0.280. The third-order valence-corrected chi connectivity index (χ3v) is 11.0. The van der Waals surface area contributed by atoms with Gasteiger partial charge in [-0.15, -0.1) is 45.3 Å². The summed E-state index contributed by atoms with van der Waals surface area (Å²) in [5.74, 6) is 2.05. The second-order valence-electron chi connectivity index (χ2n) is 6.98. The fourth-order valence-electron chi connectivity index (χ4n) is 2.57. The molecule has 0 amide bonds. The van der Waals surface area contributed by atoms with Gasteiger partial charge in [-0.25, -0.2) is 4.79 Å². The maximum atomic E-state index is 11.0. The SMILES string of the molecule is Brc1cscc1OCCCOc1cscc1Br.C.O=C(O)c1scc(Br)c1OCCCOc1cscc1Br.O=C=O. The van der Waals surface area contributed by atoms with E-state index in [2.05, 4.69) is 63.7 Å². The van der Waals surface area contributed by atoms with Crippen molar-refractivity contribution >= 4 is 121 Å². The van der Waals surface area contributed by atoms with Gasteiger partial charge in [0.1, 0.15) is 17.2 Å². The highest BCUT2D eigenvalue weighted by Crippen LogP contribution is 2.35. The van der Waals surface area contributed by atoms with Gasteiger partial charge >= 0.3 is 12.1 Å². The standard InChI is InChI=1S/C12H10Br2O4S2.C11H10Br2O2S2.CO2.CH4/c13-7-4-19-6-9(7)17-2-1-3-18-10-8(14)5-20-11(10)12(15)16;12-8-4-16-6-10(8)14-2-1-3-15-11-7-17-5-9(11)13;2-1-3;/h4-6H,1-3H2,(H,15,16);4-7H,1-3H2;;1H4. The Labute approximate surface area is 287 Å². The van der Waals surface area contributed by atoms with Gasteiger partial charge in [-0.1, -0.05) is 7.43 Å². The molecular formula is C25H24Br4O8S4. The van der Waals surface area contributed by atoms with E-state index in [1.54, 1.807) is 39.4 Å². The van der Waals surface area contributed by atoms with Gasteiger partial charge in [-0.2, -0.15) is 9.59 Å². The van der Waals surface area contributed by atoms with Crippen LogP contribution in [0.15, 0.2) is 55.6 Å². The Kier molecular flexibility index (Phi) is 19.8. The topological polar surface area (TPSA) is 108 Å². The van der Waals surface area contributed by atoms with Gasteiger partial charge in [0, 0.05) is 50.5 Å². The van der Waals surface area contributed by atoms with E-state index in [4.69, 9.17) is 33.6 Å². The van der Waals surface area contributed by atoms with Crippen molar-refractivity contribution < 1.29 is 38.4 Å². The number of carbonyl (C=O) groups is 1. The van der Waals surface area contributed by atoms with Crippen molar-refractivity contribution in [3.63, 3.8) is 0 Å². The minimum Gasteiger partial charge on any atom is -0.491 e. The molecule has 0 aliphatic rings. The average Bonchev–Trinajstić information content (AvgIpc) is 3.71. The molecule has 0 atom stereocenters. The van der Waals surface area contributed by atoms with Crippen LogP contribution < -0.4 is 18.9 Å². The van der Waals surface area contributed by atoms with Crippen molar-refractivity contribution in [1.29, 1.82) is 0 Å². The molecule has 16 heteroatoms. The normalized spacial score (nSPS) is 9.66. The van der Waals surface area contributed by atoms with Crippen LogP contribution in [-0.2, 0) is 9.59 Å². The molecule has 8 nitrogen and oxygen atoms in total. The average molecular weight is 900 g/mol. The third-order valence-electron chi connectivity index (χ3n) is 4.24. The van der Waals surface area contributed by atoms with Gasteiger partial charge in [0.2, 0.25) is 0 Å². The van der Waals surface area contributed by atoms with Crippen LogP contribution in [0.4, 0.5) is 0 Å². The molecule has 0 fully saturated rings. The zero-order valence-electron chi connectivity index (χ0n) is 20.2. The quantitative estimate of drug-likeness (QED) is 0.132. The second kappa shape index (κ2) is 21.5. The molecule has 4 heterocycles. The van der Waals surface area contributed by atoms with Crippen LogP contribution in [-0.4, -0.2) is 43.7 Å². The Bertz CT molecular complexity index is 1300. The lowest BCUT2D eigenvalue weighted by molar-refractivity contribution is -0.191. The molecule has 224 valence electrons. The Morgan fingerprint density at radius 2 is 1.02 bits per heavy atom. The van der Waals surface area contributed by atoms with E-state index in [0.717, 1.165) is 48.4 Å². The molecule has 0 aliphatic carbocycles. The van der Waals surface area contributed by atoms with E-state index in [1.807, 2.05) is 32.3 Å². The summed E-state index contributed by atoms with van der Waals surface area (Å²) < 4.78 is 25.9. The van der Waals surface area contributed by atoms with Crippen LogP contribution in [0.25, 0.3) is 0 Å². The highest BCUT2D eigenvalue weighted by Gasteiger charge is 2.17. The van der Waals surface area contributed by atoms with Gasteiger partial charge in [0.15, 0.2) is 10.6 Å². The lowest BCUT2D eigenvalue weighted by Crippen LogP contribution is -2.06. The lowest BCUT2D eigenvalue weighted by Gasteiger charge is -2.07. The first kappa shape index (κ1) is 37.8. The zero-order chi connectivity index (χ0) is 29.3. The van der Waals surface area contributed by atoms with Gasteiger partial charge in [0.25, 0.3) is 0 Å². The molecular weight excluding hydrogens is 876 g/mol. The van der Waals surface area contributed by atoms with Crippen LogP contribution in [0.3, 0.4) is 0 Å². The summed E-state index contributed by atoms with van der Waals surface area (Å²) >= 11 is 19.5. The Balaban J connectivity index is 0.000000370. The predicted octanol–water partition coefficient (Wildman–Crippen LogP) is 10.1. The molecule has 4 aromatic rings. The van der Waals surface area contributed by atoms with Gasteiger partial charge in [-0.3, -0.25) is 0 Å². The number of ether oxygens (including phenoxy) is 4. The fourth-order valence-corrected chi connectivity index (χ4v) is 7.97. The first-order chi connectivity index (χ1) is 19.3. The summed E-state index contributed by atoms with van der Waals surface area (Å²) in [7, 11) is 0. The molecule has 0 unspecified atom stereocenters. The Hall–Kier alpha value is -1.23. The summed E-state index contributed by atoms with van der Waals surface area (Å²) in [5, 5.41) is 22.6. The molecule has 0 bridgehead atoms. The first-order valence-corrected chi connectivity index (χ1v) is 17.8. The molecule has 0 aromatic carbocycles. The smallest absolute Gasteiger partial charge is 0.373 e. The number of hydrogen-bond donors (Lipinski definition) is 1. The molecule has 4 rings (SSSR count). The predicted molar refractivity (Wildman–Crippen MR) is 178 cm³/mol. The van der Waals surface area contributed by atoms with Crippen molar-refractivity contribution in [2.75, 3.05) is 26.4 Å². The minimum absolute atomic E-state index is 0. The molecule has 4 aromatic heterocycles. The third kappa shape index (κ3) is 13.7. The molecule has 0 saturated carbocycles. The van der Waals surface area contributed by atoms with Gasteiger partial charge < -0.3 is 24.1 Å². The summed E-state index contributed by atoms with van der Waals surface area (Å²) in [6.45, 7) is 2.24. The maximum Gasteiger partial charge on any atom is 0.373 e. The first-order valence-electron chi connectivity index (χ1n) is 10.9. The highest BCUT2D eigenvalue weighted by molar-refractivity contribution is 9.11. The summed E-state index contributed by atoms with van der Waals surface area (Å²) in [6.07, 6.45) is 1.79. The Morgan fingerprint density at radius 1 is 0.659 bits per heavy atom. The van der Waals surface area contributed by atoms with Crippen LogP contribution in [0.2, 0.25) is 0 Å². The number of rotatable bonds is 13. The molecule has 0 spiro atoms. The number of carboxylic acids is 1. The minimum atomic E-state index is -0.978. The molecule has 0 aliphatic heterocycles. The second-order valence-corrected chi connectivity index (χ2v) is 13.5. The monoisotopic (exact) mass is 896 g/mol. The Morgan fingerprint density at radius 3 is 1.34 bits per heavy atom. The number of hydrogen-bond acceptors (Lipinski definition) is 11. The van der Waals surface area contributed by atoms with Crippen LogP contribution in [0.5, 0.6) is 23.0 Å². The van der Waals surface area contributed by atoms with Crippen molar-refractivity contribution in [3.05, 3.63) is 60.4 Å². The maximum absolute atomic E-state index is 11.0. The van der Waals surface area contributed by atoms with Gasteiger partial charge in [-0.05, 0) is 63.7 Å². The molecule has 1 N–H and O–H groups in total. The van der Waals surface area contributed by atoms with E-state index >= 15 is 0 Å². The van der Waals surface area contributed by atoms with Crippen LogP contribution in [0.1, 0.15) is 29.9 Å². The van der Waals surface area contributed by atoms with Gasteiger partial charge in [0.05, 0.1) is 44.3 Å². The number of halogens is 4. The molecule has 0 radical (unpaired) electrons. The van der Waals surface area contributed by atoms with Crippen molar-refractivity contribution in [3.8, 4) is 23.0 Å². The largest absolute Gasteiger partial charge is 0.491 e. The van der Waals surface area contributed by atoms with E-state index in [0.29, 0.717) is 43.1 Å². The number of thiophene rings is 4. The summed E-state index contributed by atoms with van der Waals surface area (Å²) in [5.41, 5.74) is 0. The van der Waals surface area contributed by atoms with Crippen molar-refractivity contribution in [1.82, 2.24) is 0 Å². The van der Waals surface area contributed by atoms with E-state index in [1.165, 1.54) is 0 Å². The molecule has 41 heavy (non-hydrogen) atoms. The van der Waals surface area contributed by atoms with Crippen molar-refractivity contribution in [2.45, 2.75) is 20.3 Å². The van der Waals surface area contributed by atoms with E-state index < -0.39 is 5.97 Å². The zero-order valence-corrected chi connectivity index (χ0v) is 29.8. The van der Waals surface area contributed by atoms with Crippen LogP contribution >= 0.6 is 109 Å². The number of carboxylic acid groups (broad SMARTS) is 1. The highest BCUT2D eigenvalue weighted by atomic mass is 79.9. The summed E-state index contributed by atoms with van der Waals surface area (Å²) in [6, 6.07) is 0.